The van der Waals surface area contributed by atoms with Crippen LogP contribution < -0.4 is 0 Å². The van der Waals surface area contributed by atoms with Gasteiger partial charge in [-0.25, -0.2) is 0 Å². The highest BCUT2D eigenvalue weighted by molar-refractivity contribution is 6.02. The Kier molecular flexibility index (Phi) is 9.65. The van der Waals surface area contributed by atoms with E-state index < -0.39 is 0 Å². The summed E-state index contributed by atoms with van der Waals surface area (Å²) in [6.07, 6.45) is 0.722. The molecule has 0 heterocycles. The van der Waals surface area contributed by atoms with E-state index in [1.165, 1.54) is 22.3 Å². The van der Waals surface area contributed by atoms with Crippen molar-refractivity contribution in [2.24, 2.45) is 10.2 Å². The van der Waals surface area contributed by atoms with Crippen molar-refractivity contribution in [2.45, 2.75) is 46.4 Å². The van der Waals surface area contributed by atoms with E-state index in [9.17, 15) is 0 Å². The Morgan fingerprint density at radius 3 is 0.919 bits per heavy atom. The van der Waals surface area contributed by atoms with Crippen LogP contribution >= 0.6 is 0 Å². The Balaban J connectivity index is 1.49. The third-order valence-electron chi connectivity index (χ3n) is 5.97. The molecule has 4 heteroatoms. The summed E-state index contributed by atoms with van der Waals surface area (Å²) in [6, 6.07) is 42.1. The van der Waals surface area contributed by atoms with Crippen molar-refractivity contribution >= 4 is 11.4 Å². The van der Waals surface area contributed by atoms with Crippen LogP contribution in [0.3, 0.4) is 0 Å². The third-order valence-corrected chi connectivity index (χ3v) is 5.97. The van der Waals surface area contributed by atoms with Crippen molar-refractivity contribution < 1.29 is 0 Å². The van der Waals surface area contributed by atoms with Crippen LogP contribution in [0.2, 0.25) is 0 Å². The van der Waals surface area contributed by atoms with Gasteiger partial charge in [-0.2, -0.15) is 10.2 Å². The van der Waals surface area contributed by atoms with E-state index in [1.54, 1.807) is 0 Å². The Labute approximate surface area is 221 Å². The summed E-state index contributed by atoms with van der Waals surface area (Å²) < 4.78 is 0. The Morgan fingerprint density at radius 1 is 0.432 bits per heavy atom. The van der Waals surface area contributed by atoms with Crippen molar-refractivity contribution in [2.75, 3.05) is 0 Å². The van der Waals surface area contributed by atoms with Gasteiger partial charge < -0.3 is 0 Å². The molecule has 0 spiro atoms. The molecule has 0 aliphatic carbocycles. The van der Waals surface area contributed by atoms with Crippen LogP contribution in [0, 0.1) is 0 Å². The monoisotopic (exact) mass is 488 g/mol. The minimum Gasteiger partial charge on any atom is -0.288 e. The molecule has 0 fully saturated rings. The number of hydrogen-bond donors (Lipinski definition) is 0. The summed E-state index contributed by atoms with van der Waals surface area (Å²) in [5.41, 5.74) is 7.09. The van der Waals surface area contributed by atoms with Gasteiger partial charge in [0.05, 0.1) is 26.2 Å². The first-order valence-corrected chi connectivity index (χ1v) is 12.9. The van der Waals surface area contributed by atoms with Gasteiger partial charge in [-0.15, -0.1) is 0 Å². The molecule has 188 valence electrons. The van der Waals surface area contributed by atoms with E-state index >= 15 is 0 Å². The average molecular weight is 489 g/mol. The zero-order valence-electron chi connectivity index (χ0n) is 21.9. The molecular weight excluding hydrogens is 452 g/mol. The molecule has 0 unspecified atom stereocenters. The highest BCUT2D eigenvalue weighted by atomic mass is 15.5. The van der Waals surface area contributed by atoms with E-state index in [2.05, 4.69) is 145 Å². The second kappa shape index (κ2) is 13.8. The summed E-state index contributed by atoms with van der Waals surface area (Å²) >= 11 is 0. The van der Waals surface area contributed by atoms with Crippen LogP contribution in [0.1, 0.15) is 42.5 Å². The van der Waals surface area contributed by atoms with Gasteiger partial charge in [0, 0.05) is 17.8 Å². The number of nitrogens with zero attached hydrogens (tertiary/aromatic N) is 4. The molecule has 0 amide bonds. The molecule has 0 aliphatic rings. The molecule has 0 aliphatic heterocycles. The number of rotatable bonds is 12. The first-order valence-electron chi connectivity index (χ1n) is 12.9. The van der Waals surface area contributed by atoms with Crippen LogP contribution in [0.25, 0.3) is 0 Å². The maximum atomic E-state index is 5.03. The van der Waals surface area contributed by atoms with Crippen molar-refractivity contribution in [1.29, 1.82) is 0 Å². The van der Waals surface area contributed by atoms with Crippen LogP contribution in [-0.2, 0) is 26.2 Å². The molecule has 0 aromatic heterocycles. The average Bonchev–Trinajstić information content (AvgIpc) is 2.91. The third kappa shape index (κ3) is 9.08. The van der Waals surface area contributed by atoms with Crippen LogP contribution in [0.15, 0.2) is 132 Å². The molecule has 0 atom stereocenters. The van der Waals surface area contributed by atoms with Gasteiger partial charge in [0.2, 0.25) is 0 Å². The lowest BCUT2D eigenvalue weighted by molar-refractivity contribution is 0.268. The number of benzene rings is 4. The lowest BCUT2D eigenvalue weighted by atomic mass is 10.2. The normalized spacial score (nSPS) is 11.8. The van der Waals surface area contributed by atoms with Gasteiger partial charge in [0.15, 0.2) is 0 Å². The van der Waals surface area contributed by atoms with E-state index in [1.807, 2.05) is 0 Å². The predicted octanol–water partition coefficient (Wildman–Crippen LogP) is 7.53. The molecule has 37 heavy (non-hydrogen) atoms. The van der Waals surface area contributed by atoms with Crippen molar-refractivity contribution in [3.05, 3.63) is 144 Å². The van der Waals surface area contributed by atoms with Gasteiger partial charge in [-0.3, -0.25) is 10.0 Å². The first kappa shape index (κ1) is 25.9. The highest BCUT2D eigenvalue weighted by Crippen LogP contribution is 2.13. The number of hydrazone groups is 2. The fraction of sp³-hybridized carbons (Fsp3) is 0.212. The fourth-order valence-electron chi connectivity index (χ4n) is 4.35. The second-order valence-electron chi connectivity index (χ2n) is 9.44. The summed E-state index contributed by atoms with van der Waals surface area (Å²) in [4.78, 5) is 0. The zero-order valence-corrected chi connectivity index (χ0v) is 21.9. The molecular formula is C33H36N4. The zero-order chi connectivity index (χ0) is 25.7. The van der Waals surface area contributed by atoms with Gasteiger partial charge >= 0.3 is 0 Å². The van der Waals surface area contributed by atoms with E-state index in [-0.39, 0.29) is 0 Å². The first-order chi connectivity index (χ1) is 18.1. The molecule has 4 aromatic rings. The molecule has 4 aromatic carbocycles. The summed E-state index contributed by atoms with van der Waals surface area (Å²) in [5.74, 6) is 0. The summed E-state index contributed by atoms with van der Waals surface area (Å²) in [6.45, 7) is 7.24. The SMILES string of the molecule is C/C(C/C(C)=N/N(Cc1ccccc1)Cc1ccccc1)=N\N(Cc1ccccc1)Cc1ccccc1. The molecule has 0 bridgehead atoms. The minimum atomic E-state index is 0.722. The number of hydrogen-bond acceptors (Lipinski definition) is 4. The summed E-state index contributed by atoms with van der Waals surface area (Å²) in [7, 11) is 0. The fourth-order valence-corrected chi connectivity index (χ4v) is 4.35. The van der Waals surface area contributed by atoms with E-state index in [0.717, 1.165) is 44.0 Å². The Bertz CT molecular complexity index is 1070. The minimum absolute atomic E-state index is 0.722. The Hall–Kier alpha value is -4.18. The maximum absolute atomic E-state index is 5.03. The van der Waals surface area contributed by atoms with Gasteiger partial charge in [-0.05, 0) is 36.1 Å². The van der Waals surface area contributed by atoms with Crippen molar-refractivity contribution in [3.8, 4) is 0 Å². The lowest BCUT2D eigenvalue weighted by Crippen LogP contribution is -2.21. The predicted molar refractivity (Wildman–Crippen MR) is 155 cm³/mol. The van der Waals surface area contributed by atoms with Crippen LogP contribution in [0.5, 0.6) is 0 Å². The molecule has 0 N–H and O–H groups in total. The van der Waals surface area contributed by atoms with Crippen molar-refractivity contribution in [3.63, 3.8) is 0 Å². The van der Waals surface area contributed by atoms with Gasteiger partial charge in [0.1, 0.15) is 0 Å². The van der Waals surface area contributed by atoms with E-state index in [4.69, 9.17) is 10.2 Å². The molecule has 4 rings (SSSR count). The molecule has 0 radical (unpaired) electrons. The standard InChI is InChI=1S/C33H36N4/c1-28(34-36(24-30-15-7-3-8-16-30)25-31-17-9-4-10-18-31)23-29(2)35-37(26-32-19-11-5-12-20-32)27-33-21-13-6-14-22-33/h3-22H,23-27H2,1-2H3/b34-28+,35-29+. The molecule has 0 saturated carbocycles. The van der Waals surface area contributed by atoms with Gasteiger partial charge in [0.25, 0.3) is 0 Å². The van der Waals surface area contributed by atoms with Crippen LogP contribution in [0.4, 0.5) is 0 Å². The smallest absolute Gasteiger partial charge is 0.0614 e. The maximum Gasteiger partial charge on any atom is 0.0614 e. The van der Waals surface area contributed by atoms with Gasteiger partial charge in [-0.1, -0.05) is 121 Å². The lowest BCUT2D eigenvalue weighted by Gasteiger charge is -2.22. The quantitative estimate of drug-likeness (QED) is 0.152. The second-order valence-corrected chi connectivity index (χ2v) is 9.44. The molecule has 4 nitrogen and oxygen atoms in total. The topological polar surface area (TPSA) is 31.2 Å². The van der Waals surface area contributed by atoms with Crippen LogP contribution in [-0.4, -0.2) is 21.4 Å². The van der Waals surface area contributed by atoms with Crippen molar-refractivity contribution in [1.82, 2.24) is 10.0 Å². The largest absolute Gasteiger partial charge is 0.288 e. The summed E-state index contributed by atoms with van der Waals surface area (Å²) in [5, 5.41) is 14.4. The highest BCUT2D eigenvalue weighted by Gasteiger charge is 2.09. The van der Waals surface area contributed by atoms with E-state index in [0.29, 0.717) is 0 Å². The molecule has 0 saturated heterocycles. The Morgan fingerprint density at radius 2 is 0.676 bits per heavy atom.